The number of rotatable bonds is 1. The van der Waals surface area contributed by atoms with E-state index in [0.717, 1.165) is 15.9 Å². The Balaban J connectivity index is 2.62. The van der Waals surface area contributed by atoms with Crippen LogP contribution in [-0.4, -0.2) is 9.78 Å². The van der Waals surface area contributed by atoms with Crippen molar-refractivity contribution in [1.29, 1.82) is 0 Å². The minimum Gasteiger partial charge on any atom is -0.237 e. The highest BCUT2D eigenvalue weighted by Gasteiger charge is 2.26. The summed E-state index contributed by atoms with van der Waals surface area (Å²) in [7, 11) is 0. The van der Waals surface area contributed by atoms with Gasteiger partial charge in [0, 0.05) is 21.0 Å². The fraction of sp³-hybridized carbons (Fsp3) is 0.471. The molecular formula is C17H23BrN2. The van der Waals surface area contributed by atoms with Crippen molar-refractivity contribution in [2.24, 2.45) is 0 Å². The minimum absolute atomic E-state index is 0.0562. The van der Waals surface area contributed by atoms with Crippen LogP contribution >= 0.6 is 15.9 Å². The number of halogens is 1. The van der Waals surface area contributed by atoms with E-state index < -0.39 is 0 Å². The summed E-state index contributed by atoms with van der Waals surface area (Å²) >= 11 is 3.48. The molecule has 0 atom stereocenters. The standard InChI is InChI=1S/C17H23BrN2/c1-16(2,3)14-11-15(17(4,5)6)20(19-14)13-9-7-12(18)8-10-13/h7-11H,1-6H3. The highest BCUT2D eigenvalue weighted by atomic mass is 79.9. The van der Waals surface area contributed by atoms with E-state index in [2.05, 4.69) is 92.5 Å². The molecule has 0 saturated carbocycles. The summed E-state index contributed by atoms with van der Waals surface area (Å²) in [4.78, 5) is 0. The third-order valence-corrected chi connectivity index (χ3v) is 3.85. The van der Waals surface area contributed by atoms with Crippen LogP contribution in [0.4, 0.5) is 0 Å². The van der Waals surface area contributed by atoms with E-state index in [0.29, 0.717) is 0 Å². The molecule has 0 aliphatic heterocycles. The molecule has 1 aromatic carbocycles. The van der Waals surface area contributed by atoms with Crippen molar-refractivity contribution in [3.8, 4) is 5.69 Å². The Hall–Kier alpha value is -1.09. The molecular weight excluding hydrogens is 312 g/mol. The third kappa shape index (κ3) is 3.14. The van der Waals surface area contributed by atoms with Crippen LogP contribution in [0.25, 0.3) is 5.69 Å². The molecule has 0 saturated heterocycles. The fourth-order valence-electron chi connectivity index (χ4n) is 2.06. The SMILES string of the molecule is CC(C)(C)c1cc(C(C)(C)C)n(-c2ccc(Br)cc2)n1. The van der Waals surface area contributed by atoms with Gasteiger partial charge in [-0.05, 0) is 30.3 Å². The fourth-order valence-corrected chi connectivity index (χ4v) is 2.33. The molecule has 3 heteroatoms. The van der Waals surface area contributed by atoms with Gasteiger partial charge in [-0.1, -0.05) is 57.5 Å². The van der Waals surface area contributed by atoms with E-state index in [9.17, 15) is 0 Å². The van der Waals surface area contributed by atoms with Crippen molar-refractivity contribution in [3.05, 3.63) is 46.2 Å². The number of hydrogen-bond acceptors (Lipinski definition) is 1. The first kappa shape index (κ1) is 15.3. The van der Waals surface area contributed by atoms with E-state index in [-0.39, 0.29) is 10.8 Å². The van der Waals surface area contributed by atoms with Crippen molar-refractivity contribution in [2.75, 3.05) is 0 Å². The van der Waals surface area contributed by atoms with Crippen LogP contribution in [0.5, 0.6) is 0 Å². The second kappa shape index (κ2) is 5.03. The van der Waals surface area contributed by atoms with Gasteiger partial charge in [0.15, 0.2) is 0 Å². The Morgan fingerprint density at radius 2 is 1.45 bits per heavy atom. The summed E-state index contributed by atoms with van der Waals surface area (Å²) in [5.74, 6) is 0. The number of aromatic nitrogens is 2. The Kier molecular flexibility index (Phi) is 3.85. The van der Waals surface area contributed by atoms with Gasteiger partial charge in [0.25, 0.3) is 0 Å². The van der Waals surface area contributed by atoms with Crippen LogP contribution in [0, 0.1) is 0 Å². The summed E-state index contributed by atoms with van der Waals surface area (Å²) in [6, 6.07) is 10.5. The van der Waals surface area contributed by atoms with E-state index in [4.69, 9.17) is 5.10 Å². The maximum atomic E-state index is 4.85. The number of hydrogen-bond donors (Lipinski definition) is 0. The molecule has 0 bridgehead atoms. The molecule has 108 valence electrons. The predicted octanol–water partition coefficient (Wildman–Crippen LogP) is 5.23. The molecule has 1 heterocycles. The van der Waals surface area contributed by atoms with Gasteiger partial charge in [0.05, 0.1) is 11.4 Å². The molecule has 2 aromatic rings. The van der Waals surface area contributed by atoms with Crippen LogP contribution in [0.15, 0.2) is 34.8 Å². The zero-order valence-corrected chi connectivity index (χ0v) is 14.7. The molecule has 1 aromatic heterocycles. The van der Waals surface area contributed by atoms with Crippen LogP contribution in [0.2, 0.25) is 0 Å². The van der Waals surface area contributed by atoms with Crippen LogP contribution in [-0.2, 0) is 10.8 Å². The van der Waals surface area contributed by atoms with Gasteiger partial charge in [-0.15, -0.1) is 0 Å². The van der Waals surface area contributed by atoms with Gasteiger partial charge in [-0.3, -0.25) is 0 Å². The van der Waals surface area contributed by atoms with E-state index in [1.165, 1.54) is 5.69 Å². The van der Waals surface area contributed by atoms with E-state index >= 15 is 0 Å². The first-order valence-electron chi connectivity index (χ1n) is 6.96. The van der Waals surface area contributed by atoms with Crippen molar-refractivity contribution in [2.45, 2.75) is 52.4 Å². The van der Waals surface area contributed by atoms with Crippen LogP contribution < -0.4 is 0 Å². The Morgan fingerprint density at radius 3 is 1.90 bits per heavy atom. The third-order valence-electron chi connectivity index (χ3n) is 3.32. The summed E-state index contributed by atoms with van der Waals surface area (Å²) in [6.07, 6.45) is 0. The quantitative estimate of drug-likeness (QED) is 0.698. The minimum atomic E-state index is 0.0562. The average molecular weight is 335 g/mol. The highest BCUT2D eigenvalue weighted by Crippen LogP contribution is 2.30. The van der Waals surface area contributed by atoms with E-state index in [1.54, 1.807) is 0 Å². The summed E-state index contributed by atoms with van der Waals surface area (Å²) < 4.78 is 3.16. The molecule has 0 fully saturated rings. The molecule has 0 aliphatic carbocycles. The summed E-state index contributed by atoms with van der Waals surface area (Å²) in [5.41, 5.74) is 3.59. The molecule has 0 radical (unpaired) electrons. The average Bonchev–Trinajstić information content (AvgIpc) is 2.74. The molecule has 0 N–H and O–H groups in total. The molecule has 0 spiro atoms. The second-order valence-corrected chi connectivity index (χ2v) is 8.22. The van der Waals surface area contributed by atoms with Gasteiger partial charge in [-0.25, -0.2) is 4.68 Å². The smallest absolute Gasteiger partial charge is 0.0685 e. The predicted molar refractivity (Wildman–Crippen MR) is 88.7 cm³/mol. The lowest BCUT2D eigenvalue weighted by Gasteiger charge is -2.20. The van der Waals surface area contributed by atoms with Gasteiger partial charge >= 0.3 is 0 Å². The lowest BCUT2D eigenvalue weighted by atomic mass is 9.88. The molecule has 2 rings (SSSR count). The molecule has 20 heavy (non-hydrogen) atoms. The normalized spacial score (nSPS) is 12.8. The molecule has 0 amide bonds. The molecule has 0 aliphatic rings. The lowest BCUT2D eigenvalue weighted by molar-refractivity contribution is 0.537. The Morgan fingerprint density at radius 1 is 0.900 bits per heavy atom. The van der Waals surface area contributed by atoms with Crippen molar-refractivity contribution in [3.63, 3.8) is 0 Å². The van der Waals surface area contributed by atoms with Crippen LogP contribution in [0.3, 0.4) is 0 Å². The summed E-state index contributed by atoms with van der Waals surface area (Å²) in [5, 5.41) is 4.85. The Labute approximate surface area is 130 Å². The van der Waals surface area contributed by atoms with E-state index in [1.807, 2.05) is 0 Å². The first-order valence-corrected chi connectivity index (χ1v) is 7.75. The second-order valence-electron chi connectivity index (χ2n) is 7.30. The largest absolute Gasteiger partial charge is 0.237 e. The van der Waals surface area contributed by atoms with Crippen molar-refractivity contribution in [1.82, 2.24) is 9.78 Å². The molecule has 0 unspecified atom stereocenters. The zero-order chi connectivity index (χ0) is 15.1. The van der Waals surface area contributed by atoms with Crippen LogP contribution in [0.1, 0.15) is 52.9 Å². The Bertz CT molecular complexity index is 595. The number of benzene rings is 1. The number of nitrogens with zero attached hydrogens (tertiary/aromatic N) is 2. The van der Waals surface area contributed by atoms with Gasteiger partial charge in [0.2, 0.25) is 0 Å². The van der Waals surface area contributed by atoms with Crippen molar-refractivity contribution >= 4 is 15.9 Å². The first-order chi connectivity index (χ1) is 9.09. The topological polar surface area (TPSA) is 17.8 Å². The summed E-state index contributed by atoms with van der Waals surface area (Å²) in [6.45, 7) is 13.3. The maximum absolute atomic E-state index is 4.85. The van der Waals surface area contributed by atoms with Gasteiger partial charge < -0.3 is 0 Å². The highest BCUT2D eigenvalue weighted by molar-refractivity contribution is 9.10. The monoisotopic (exact) mass is 334 g/mol. The zero-order valence-electron chi connectivity index (χ0n) is 13.2. The molecule has 2 nitrogen and oxygen atoms in total. The van der Waals surface area contributed by atoms with Crippen molar-refractivity contribution < 1.29 is 0 Å². The lowest BCUT2D eigenvalue weighted by Crippen LogP contribution is -2.17. The van der Waals surface area contributed by atoms with Gasteiger partial charge in [0.1, 0.15) is 0 Å². The maximum Gasteiger partial charge on any atom is 0.0685 e. The van der Waals surface area contributed by atoms with Gasteiger partial charge in [-0.2, -0.15) is 5.10 Å².